The van der Waals surface area contributed by atoms with E-state index in [1.165, 1.54) is 19.1 Å². The summed E-state index contributed by atoms with van der Waals surface area (Å²) in [7, 11) is 1.30. The van der Waals surface area contributed by atoms with E-state index in [0.29, 0.717) is 18.4 Å². The van der Waals surface area contributed by atoms with Crippen molar-refractivity contribution >= 4 is 29.2 Å². The molecule has 0 radical (unpaired) electrons. The molecular weight excluding hydrogens is 703 g/mol. The lowest BCUT2D eigenvalue weighted by Gasteiger charge is -2.31. The van der Waals surface area contributed by atoms with Crippen LogP contribution >= 0.6 is 0 Å². The van der Waals surface area contributed by atoms with Crippen molar-refractivity contribution in [1.29, 1.82) is 0 Å². The molecule has 2 saturated carbocycles. The van der Waals surface area contributed by atoms with E-state index < -0.39 is 12.1 Å². The Balaban J connectivity index is 0.893. The van der Waals surface area contributed by atoms with Gasteiger partial charge in [-0.05, 0) is 96.2 Å². The van der Waals surface area contributed by atoms with Crippen LogP contribution in [0.2, 0.25) is 0 Å². The molecule has 4 aromatic rings. The van der Waals surface area contributed by atoms with Gasteiger partial charge < -0.3 is 25.3 Å². The lowest BCUT2D eigenvalue weighted by Crippen LogP contribution is -2.51. The van der Waals surface area contributed by atoms with Crippen molar-refractivity contribution < 1.29 is 19.1 Å². The van der Waals surface area contributed by atoms with Crippen molar-refractivity contribution in [3.05, 3.63) is 102 Å². The molecule has 3 unspecified atom stereocenters. The van der Waals surface area contributed by atoms with Crippen LogP contribution in [0.5, 0.6) is 0 Å². The average Bonchev–Trinajstić information content (AvgIpc) is 4.08. The molecule has 3 amide bonds. The Labute approximate surface area is 328 Å². The molecule has 2 aliphatic carbocycles. The number of hydrogen-bond acceptors (Lipinski definition) is 7. The highest BCUT2D eigenvalue weighted by Gasteiger charge is 2.53. The summed E-state index contributed by atoms with van der Waals surface area (Å²) < 4.78 is 4.77. The number of benzene rings is 2. The molecule has 0 spiro atoms. The first-order chi connectivity index (χ1) is 27.2. The summed E-state index contributed by atoms with van der Waals surface area (Å²) in [6, 6.07) is 20.1. The number of alkyl carbamates (subject to hydrolysis) is 1. The van der Waals surface area contributed by atoms with Gasteiger partial charge in [0.2, 0.25) is 11.8 Å². The van der Waals surface area contributed by atoms with Crippen molar-refractivity contribution in [2.75, 3.05) is 13.7 Å². The molecule has 11 nitrogen and oxygen atoms in total. The van der Waals surface area contributed by atoms with Gasteiger partial charge in [0, 0.05) is 49.1 Å². The van der Waals surface area contributed by atoms with Gasteiger partial charge in [0.1, 0.15) is 11.9 Å². The number of fused-ring (bicyclic) bond motifs is 2. The van der Waals surface area contributed by atoms with Crippen molar-refractivity contribution in [1.82, 2.24) is 30.5 Å². The molecule has 4 aliphatic rings. The van der Waals surface area contributed by atoms with Crippen LogP contribution in [0.1, 0.15) is 88.3 Å². The quantitative estimate of drug-likeness (QED) is 0.142. The normalized spacial score (nSPS) is 23.8. The minimum absolute atomic E-state index is 0.0287. The van der Waals surface area contributed by atoms with Gasteiger partial charge in [-0.25, -0.2) is 9.78 Å². The number of aromatic amines is 1. The van der Waals surface area contributed by atoms with Gasteiger partial charge in [-0.1, -0.05) is 68.4 Å². The number of amides is 3. The fourth-order valence-corrected chi connectivity index (χ4v) is 9.57. The Hall–Kier alpha value is -5.58. The van der Waals surface area contributed by atoms with Crippen LogP contribution in [0.15, 0.2) is 90.4 Å². The average molecular weight is 754 g/mol. The minimum atomic E-state index is -0.674. The fourth-order valence-electron chi connectivity index (χ4n) is 9.57. The molecule has 56 heavy (non-hydrogen) atoms. The first kappa shape index (κ1) is 37.3. The molecular formula is C45H51N7O4. The number of H-pyrrole nitrogens is 1. The van der Waals surface area contributed by atoms with E-state index in [9.17, 15) is 14.4 Å². The second-order valence-corrected chi connectivity index (χ2v) is 16.2. The first-order valence-corrected chi connectivity index (χ1v) is 20.1. The second-order valence-electron chi connectivity index (χ2n) is 16.2. The van der Waals surface area contributed by atoms with Crippen molar-refractivity contribution in [3.63, 3.8) is 0 Å². The molecule has 1 saturated heterocycles. The predicted octanol–water partition coefficient (Wildman–Crippen LogP) is 7.91. The van der Waals surface area contributed by atoms with Gasteiger partial charge in [0.15, 0.2) is 0 Å². The number of imidazole rings is 1. The second kappa shape index (κ2) is 15.9. The number of aromatic nitrogens is 3. The van der Waals surface area contributed by atoms with Gasteiger partial charge in [-0.2, -0.15) is 0 Å². The number of carbonyl (C=O) groups is 3. The Morgan fingerprint density at radius 3 is 2.29 bits per heavy atom. The Morgan fingerprint density at radius 2 is 1.59 bits per heavy atom. The molecule has 2 aliphatic heterocycles. The number of hydrogen-bond donors (Lipinski definition) is 3. The monoisotopic (exact) mass is 753 g/mol. The van der Waals surface area contributed by atoms with Gasteiger partial charge in [-0.3, -0.25) is 19.6 Å². The third-order valence-electron chi connectivity index (χ3n) is 12.5. The molecule has 3 fully saturated rings. The van der Waals surface area contributed by atoms with Gasteiger partial charge in [0.05, 0.1) is 31.1 Å². The zero-order valence-electron chi connectivity index (χ0n) is 32.6. The molecule has 7 atom stereocenters. The summed E-state index contributed by atoms with van der Waals surface area (Å²) in [5.74, 6) is 1.79. The number of methoxy groups -OCH3 is 1. The lowest BCUT2D eigenvalue weighted by atomic mass is 9.74. The minimum Gasteiger partial charge on any atom is -0.453 e. The molecule has 8 rings (SSSR count). The van der Waals surface area contributed by atoms with Crippen molar-refractivity contribution in [3.8, 4) is 22.4 Å². The molecule has 4 heterocycles. The third-order valence-corrected chi connectivity index (χ3v) is 12.5. The Morgan fingerprint density at radius 1 is 0.875 bits per heavy atom. The third kappa shape index (κ3) is 7.39. The smallest absolute Gasteiger partial charge is 0.407 e. The number of nitrogens with one attached hydrogen (secondary N) is 3. The number of likely N-dealkylation sites (tertiary alicyclic amines) is 1. The molecule has 3 N–H and O–H groups in total. The van der Waals surface area contributed by atoms with E-state index in [1.807, 2.05) is 56.4 Å². The van der Waals surface area contributed by atoms with Crippen LogP contribution in [0.4, 0.5) is 4.79 Å². The van der Waals surface area contributed by atoms with Crippen molar-refractivity contribution in [2.24, 2.45) is 34.6 Å². The molecule has 2 aromatic heterocycles. The Bertz CT molecular complexity index is 2120. The number of carbonyl (C=O) groups excluding carboxylic acids is 3. The van der Waals surface area contributed by atoms with Crippen LogP contribution in [0.25, 0.3) is 28.0 Å². The zero-order valence-corrected chi connectivity index (χ0v) is 32.6. The van der Waals surface area contributed by atoms with Crippen LogP contribution in [0.3, 0.4) is 0 Å². The number of nitrogens with zero attached hydrogens (tertiary/aromatic N) is 4. The summed E-state index contributed by atoms with van der Waals surface area (Å²) >= 11 is 0. The van der Waals surface area contributed by atoms with E-state index in [-0.39, 0.29) is 41.7 Å². The topological polar surface area (TPSA) is 142 Å². The van der Waals surface area contributed by atoms with Crippen LogP contribution in [-0.2, 0) is 14.3 Å². The van der Waals surface area contributed by atoms with Gasteiger partial charge >= 0.3 is 6.09 Å². The molecule has 11 heteroatoms. The van der Waals surface area contributed by atoms with E-state index >= 15 is 0 Å². The largest absolute Gasteiger partial charge is 0.453 e. The first-order valence-electron chi connectivity index (χ1n) is 20.1. The SMILES string of the molecule is COC(=O)N[C@H](C(=O)N1CCC[C@H]1c1ncc(-c2ccc(-c3ccc(C4=CN=C([C@H]5C6CCC(C6)[C@@H]5C(=O)NC(C)c5cccnc5)C4)cc3)cc2)[nH]1)C(C)C. The van der Waals surface area contributed by atoms with E-state index in [4.69, 9.17) is 14.7 Å². The lowest BCUT2D eigenvalue weighted by molar-refractivity contribution is -0.135. The fraction of sp³-hybridized carbons (Fsp3) is 0.422. The van der Waals surface area contributed by atoms with Crippen LogP contribution in [0, 0.1) is 29.6 Å². The maximum absolute atomic E-state index is 13.7. The van der Waals surface area contributed by atoms with Crippen LogP contribution in [-0.4, -0.2) is 63.2 Å². The molecule has 2 aromatic carbocycles. The summed E-state index contributed by atoms with van der Waals surface area (Å²) in [5.41, 5.74) is 8.66. The molecule has 290 valence electrons. The number of rotatable bonds is 11. The molecule has 2 bridgehead atoms. The van der Waals surface area contributed by atoms with Crippen molar-refractivity contribution in [2.45, 2.75) is 77.4 Å². The Kier molecular flexibility index (Phi) is 10.6. The van der Waals surface area contributed by atoms with E-state index in [1.54, 1.807) is 6.20 Å². The number of allylic oxidation sites excluding steroid dienone is 1. The summed E-state index contributed by atoms with van der Waals surface area (Å²) in [6.07, 6.45) is 12.7. The maximum atomic E-state index is 13.7. The van der Waals surface area contributed by atoms with Crippen LogP contribution < -0.4 is 10.6 Å². The van der Waals surface area contributed by atoms with E-state index in [2.05, 4.69) is 69.1 Å². The number of aliphatic imine (C=N–C) groups is 1. The van der Waals surface area contributed by atoms with Gasteiger partial charge in [0.25, 0.3) is 0 Å². The summed E-state index contributed by atoms with van der Waals surface area (Å²) in [6.45, 7) is 6.47. The highest BCUT2D eigenvalue weighted by molar-refractivity contribution is 6.02. The number of ether oxygens (including phenoxy) is 1. The highest BCUT2D eigenvalue weighted by atomic mass is 16.5. The zero-order chi connectivity index (χ0) is 38.9. The summed E-state index contributed by atoms with van der Waals surface area (Å²) in [4.78, 5) is 58.4. The predicted molar refractivity (Wildman–Crippen MR) is 216 cm³/mol. The summed E-state index contributed by atoms with van der Waals surface area (Å²) in [5, 5.41) is 6.01. The maximum Gasteiger partial charge on any atom is 0.407 e. The highest BCUT2D eigenvalue weighted by Crippen LogP contribution is 2.54. The van der Waals surface area contributed by atoms with Gasteiger partial charge in [-0.15, -0.1) is 0 Å². The van der Waals surface area contributed by atoms with E-state index in [0.717, 1.165) is 77.2 Å². The number of pyridine rings is 1. The standard InChI is InChI=1S/C45H51N7O4/c1-26(2)41(51-45(55)56-4)44(54)52-20-6-8-38(52)42-48-25-37(50-42)31-15-13-29(14-16-31)28-9-11-30(12-10-28)35-22-36(47-24-35)39-32-17-18-33(21-32)40(39)43(53)49-27(3)34-7-5-19-46-23-34/h5,7,9-16,19,23-27,32-33,38-41H,6,8,17-18,20-22H2,1-4H3,(H,48,50)(H,49,53)(H,51,55)/t27?,32?,33?,38-,39+,40-,41-/m0/s1.